The SMILES string of the molecule is Cc1ccc(-n2c3ccc(C)cc3c3cc(-c4ccc5c(c4)c4cc(-c6ccc7c(c6)c6cc(C(F)(F)F)ccc6n7-c6ccc(C)cc6)ccc4n5-c4ccc(-c5c6ccccc6c(-c6ccccc6)c6ccccc56)cc4)ccc32)cc1. The lowest BCUT2D eigenvalue weighted by molar-refractivity contribution is -0.137. The maximum absolute atomic E-state index is 14.5. The van der Waals surface area contributed by atoms with Crippen LogP contribution in [0.3, 0.4) is 0 Å². The lowest BCUT2D eigenvalue weighted by atomic mass is 9.86. The Morgan fingerprint density at radius 2 is 0.524 bits per heavy atom. The average molecular weight is 1090 g/mol. The molecule has 3 nitrogen and oxygen atoms in total. The Morgan fingerprint density at radius 3 is 0.905 bits per heavy atom. The lowest BCUT2D eigenvalue weighted by Gasteiger charge is -2.18. The molecule has 16 rings (SSSR count). The third kappa shape index (κ3) is 7.81. The fraction of sp³-hybridized carbons (Fsp3) is 0.0513. The largest absolute Gasteiger partial charge is 0.416 e. The first-order valence-corrected chi connectivity index (χ1v) is 28.5. The Hall–Kier alpha value is -10.4. The minimum absolute atomic E-state index is 0.551. The fourth-order valence-electron chi connectivity index (χ4n) is 13.4. The topological polar surface area (TPSA) is 14.8 Å². The van der Waals surface area contributed by atoms with Crippen LogP contribution in [0.15, 0.2) is 261 Å². The number of hydrogen-bond acceptors (Lipinski definition) is 0. The van der Waals surface area contributed by atoms with Gasteiger partial charge >= 0.3 is 6.18 Å². The van der Waals surface area contributed by atoms with Gasteiger partial charge in [-0.05, 0) is 202 Å². The molecule has 400 valence electrons. The molecule has 0 N–H and O–H groups in total. The molecule has 3 aromatic heterocycles. The Kier molecular flexibility index (Phi) is 11.1. The van der Waals surface area contributed by atoms with Crippen LogP contribution in [0.25, 0.3) is 149 Å². The van der Waals surface area contributed by atoms with Crippen LogP contribution in [0.1, 0.15) is 22.3 Å². The summed E-state index contributed by atoms with van der Waals surface area (Å²) in [6, 6.07) is 91.5. The van der Waals surface area contributed by atoms with Gasteiger partial charge in [0.2, 0.25) is 0 Å². The zero-order valence-electron chi connectivity index (χ0n) is 46.3. The van der Waals surface area contributed by atoms with E-state index in [1.54, 1.807) is 6.07 Å². The van der Waals surface area contributed by atoms with E-state index in [-0.39, 0.29) is 0 Å². The Bertz CT molecular complexity index is 5290. The highest BCUT2D eigenvalue weighted by molar-refractivity contribution is 6.22. The monoisotopic (exact) mass is 1090 g/mol. The first-order valence-electron chi connectivity index (χ1n) is 28.5. The van der Waals surface area contributed by atoms with Crippen molar-refractivity contribution in [1.29, 1.82) is 0 Å². The number of alkyl halides is 3. The molecule has 0 unspecified atom stereocenters. The molecule has 0 saturated carbocycles. The van der Waals surface area contributed by atoms with Gasteiger partial charge in [0, 0.05) is 49.4 Å². The second kappa shape index (κ2) is 18.8. The van der Waals surface area contributed by atoms with E-state index in [9.17, 15) is 13.2 Å². The summed E-state index contributed by atoms with van der Waals surface area (Å²) in [4.78, 5) is 0. The maximum Gasteiger partial charge on any atom is 0.416 e. The fourth-order valence-corrected chi connectivity index (χ4v) is 13.4. The summed E-state index contributed by atoms with van der Waals surface area (Å²) in [5, 5.41) is 10.7. The highest BCUT2D eigenvalue weighted by Gasteiger charge is 2.31. The van der Waals surface area contributed by atoms with Crippen molar-refractivity contribution in [3.8, 4) is 61.6 Å². The van der Waals surface area contributed by atoms with Gasteiger partial charge in [-0.25, -0.2) is 0 Å². The van der Waals surface area contributed by atoms with Crippen molar-refractivity contribution in [2.24, 2.45) is 0 Å². The second-order valence-electron chi connectivity index (χ2n) is 22.6. The molecule has 0 aliphatic rings. The van der Waals surface area contributed by atoms with Gasteiger partial charge in [0.15, 0.2) is 0 Å². The van der Waals surface area contributed by atoms with Gasteiger partial charge in [-0.3, -0.25) is 0 Å². The van der Waals surface area contributed by atoms with Gasteiger partial charge in [0.05, 0.1) is 38.7 Å². The van der Waals surface area contributed by atoms with E-state index >= 15 is 0 Å². The molecule has 0 atom stereocenters. The molecule has 0 amide bonds. The van der Waals surface area contributed by atoms with Gasteiger partial charge in [0.25, 0.3) is 0 Å². The van der Waals surface area contributed by atoms with Gasteiger partial charge in [-0.1, -0.05) is 162 Å². The minimum atomic E-state index is -4.50. The molecule has 0 spiro atoms. The molecular weight excluding hydrogens is 1040 g/mol. The van der Waals surface area contributed by atoms with Gasteiger partial charge < -0.3 is 13.7 Å². The molecule has 6 heteroatoms. The normalized spacial score (nSPS) is 12.2. The second-order valence-corrected chi connectivity index (χ2v) is 22.6. The summed E-state index contributed by atoms with van der Waals surface area (Å²) in [6.07, 6.45) is -4.50. The first kappa shape index (κ1) is 49.4. The zero-order chi connectivity index (χ0) is 56.5. The highest BCUT2D eigenvalue weighted by atomic mass is 19.4. The van der Waals surface area contributed by atoms with Crippen LogP contribution >= 0.6 is 0 Å². The molecule has 3 heterocycles. The number of rotatable bonds is 7. The zero-order valence-corrected chi connectivity index (χ0v) is 46.3. The van der Waals surface area contributed by atoms with Crippen LogP contribution in [0.2, 0.25) is 0 Å². The molecular formula is C78H52F3N3. The Labute approximate surface area is 482 Å². The molecule has 0 saturated heterocycles. The van der Waals surface area contributed by atoms with Crippen LogP contribution in [0.5, 0.6) is 0 Å². The van der Waals surface area contributed by atoms with E-state index in [1.807, 2.05) is 31.2 Å². The summed E-state index contributed by atoms with van der Waals surface area (Å²) >= 11 is 0. The maximum atomic E-state index is 14.5. The number of halogens is 3. The number of aryl methyl sites for hydroxylation is 3. The standard InChI is InChI=1S/C78H52F3N3/c1-47-17-29-57(30-18-47)82-70-35-21-49(3)41-64(70)65-42-52(24-36-71(65)82)53-25-37-72-66(43-53)67-44-54(55-27-39-74-68(45-55)69-46-56(78(79,80)81)28-40-75(69)83(74)58-31-19-48(2)20-32-58)26-38-73(67)84(72)59-33-22-51(23-34-59)77-62-15-9-7-13-60(62)76(50-11-5-4-6-12-50)61-14-8-10-16-63(61)77/h4-46H,1-3H3. The van der Waals surface area contributed by atoms with Crippen molar-refractivity contribution in [2.75, 3.05) is 0 Å². The molecule has 84 heavy (non-hydrogen) atoms. The van der Waals surface area contributed by atoms with Crippen LogP contribution in [-0.4, -0.2) is 13.7 Å². The third-order valence-electron chi connectivity index (χ3n) is 17.4. The molecule has 0 radical (unpaired) electrons. The van der Waals surface area contributed by atoms with Crippen molar-refractivity contribution >= 4 is 87.0 Å². The number of benzene rings is 13. The van der Waals surface area contributed by atoms with Crippen molar-refractivity contribution in [3.63, 3.8) is 0 Å². The van der Waals surface area contributed by atoms with Crippen LogP contribution < -0.4 is 0 Å². The lowest BCUT2D eigenvalue weighted by Crippen LogP contribution is -2.04. The Balaban J connectivity index is 0.889. The number of fused-ring (bicyclic) bond motifs is 11. The van der Waals surface area contributed by atoms with Crippen molar-refractivity contribution in [3.05, 3.63) is 283 Å². The smallest absolute Gasteiger partial charge is 0.309 e. The van der Waals surface area contributed by atoms with Crippen molar-refractivity contribution in [2.45, 2.75) is 26.9 Å². The summed E-state index contributed by atoms with van der Waals surface area (Å²) < 4.78 is 50.2. The predicted octanol–water partition coefficient (Wildman–Crippen LogP) is 21.9. The van der Waals surface area contributed by atoms with Crippen LogP contribution in [0.4, 0.5) is 13.2 Å². The summed E-state index contributed by atoms with van der Waals surface area (Å²) in [5.74, 6) is 0. The summed E-state index contributed by atoms with van der Waals surface area (Å²) in [7, 11) is 0. The van der Waals surface area contributed by atoms with E-state index in [0.29, 0.717) is 5.39 Å². The Morgan fingerprint density at radius 1 is 0.238 bits per heavy atom. The molecule has 16 aromatic rings. The molecule has 0 bridgehead atoms. The number of aromatic nitrogens is 3. The quantitative estimate of drug-likeness (QED) is 0.141. The minimum Gasteiger partial charge on any atom is -0.309 e. The average Bonchev–Trinajstić information content (AvgIpc) is 1.76. The number of hydrogen-bond donors (Lipinski definition) is 0. The van der Waals surface area contributed by atoms with E-state index in [4.69, 9.17) is 0 Å². The first-order chi connectivity index (χ1) is 41.0. The molecule has 0 aliphatic heterocycles. The predicted molar refractivity (Wildman–Crippen MR) is 345 cm³/mol. The van der Waals surface area contributed by atoms with Crippen molar-refractivity contribution < 1.29 is 13.2 Å². The molecule has 0 fully saturated rings. The van der Waals surface area contributed by atoms with Crippen LogP contribution in [-0.2, 0) is 6.18 Å². The number of nitrogens with zero attached hydrogens (tertiary/aromatic N) is 3. The van der Waals surface area contributed by atoms with Gasteiger partial charge in [-0.15, -0.1) is 0 Å². The van der Waals surface area contributed by atoms with Gasteiger partial charge in [0.1, 0.15) is 0 Å². The van der Waals surface area contributed by atoms with Gasteiger partial charge in [-0.2, -0.15) is 13.2 Å². The third-order valence-corrected chi connectivity index (χ3v) is 17.4. The van der Waals surface area contributed by atoms with E-state index in [1.165, 1.54) is 72.3 Å². The summed E-state index contributed by atoms with van der Waals surface area (Å²) in [6.45, 7) is 6.31. The summed E-state index contributed by atoms with van der Waals surface area (Å²) in [5.41, 5.74) is 20.7. The molecule has 0 aliphatic carbocycles. The van der Waals surface area contributed by atoms with Crippen LogP contribution in [0, 0.1) is 20.8 Å². The van der Waals surface area contributed by atoms with E-state index in [0.717, 1.165) is 99.7 Å². The van der Waals surface area contributed by atoms with Crippen molar-refractivity contribution in [1.82, 2.24) is 13.7 Å². The molecule has 13 aromatic carbocycles. The van der Waals surface area contributed by atoms with E-state index in [2.05, 4.69) is 246 Å². The van der Waals surface area contributed by atoms with E-state index < -0.39 is 11.7 Å². The highest BCUT2D eigenvalue weighted by Crippen LogP contribution is 2.46.